The van der Waals surface area contributed by atoms with Crippen LogP contribution in [-0.4, -0.2) is 16.8 Å². The summed E-state index contributed by atoms with van der Waals surface area (Å²) < 4.78 is 0. The van der Waals surface area contributed by atoms with Crippen molar-refractivity contribution < 1.29 is 9.90 Å². The molecule has 0 fully saturated rings. The lowest BCUT2D eigenvalue weighted by molar-refractivity contribution is -0.119. The fourth-order valence-electron chi connectivity index (χ4n) is 1.58. The Morgan fingerprint density at radius 1 is 1.37 bits per heavy atom. The van der Waals surface area contributed by atoms with Gasteiger partial charge >= 0.3 is 0 Å². The molecule has 0 radical (unpaired) electrons. The van der Waals surface area contributed by atoms with E-state index in [0.29, 0.717) is 5.75 Å². The maximum Gasteiger partial charge on any atom is 0.230 e. The molecule has 1 heterocycles. The van der Waals surface area contributed by atoms with Gasteiger partial charge in [0.2, 0.25) is 5.91 Å². The van der Waals surface area contributed by atoms with Crippen LogP contribution in [0.3, 0.4) is 0 Å². The summed E-state index contributed by atoms with van der Waals surface area (Å²) in [6, 6.07) is 10.9. The molecule has 1 aromatic carbocycles. The SMILES string of the molecule is CC(NC(=O)CSc1ccc(O)cc1)c1cccs1. The standard InChI is InChI=1S/C14H15NO2S2/c1-10(13-3-2-8-18-13)15-14(17)9-19-12-6-4-11(16)5-7-12/h2-8,10,16H,9H2,1H3,(H,15,17). The van der Waals surface area contributed by atoms with Crippen LogP contribution in [0.25, 0.3) is 0 Å². The van der Waals surface area contributed by atoms with Crippen LogP contribution in [0, 0.1) is 0 Å². The Morgan fingerprint density at radius 2 is 2.11 bits per heavy atom. The number of rotatable bonds is 5. The van der Waals surface area contributed by atoms with Gasteiger partial charge in [0.05, 0.1) is 11.8 Å². The van der Waals surface area contributed by atoms with Gasteiger partial charge in [0.25, 0.3) is 0 Å². The summed E-state index contributed by atoms with van der Waals surface area (Å²) in [4.78, 5) is 13.9. The fourth-order valence-corrected chi connectivity index (χ4v) is 3.03. The van der Waals surface area contributed by atoms with Gasteiger partial charge in [0.15, 0.2) is 0 Å². The van der Waals surface area contributed by atoms with E-state index in [1.54, 1.807) is 35.6 Å². The summed E-state index contributed by atoms with van der Waals surface area (Å²) in [5.41, 5.74) is 0. The van der Waals surface area contributed by atoms with Gasteiger partial charge in [-0.05, 0) is 42.6 Å². The van der Waals surface area contributed by atoms with Crippen LogP contribution in [0.1, 0.15) is 17.8 Å². The molecule has 1 amide bonds. The Kier molecular flexibility index (Phi) is 4.87. The molecule has 1 aromatic heterocycles. The van der Waals surface area contributed by atoms with Crippen molar-refractivity contribution in [3.05, 3.63) is 46.7 Å². The Hall–Kier alpha value is -1.46. The highest BCUT2D eigenvalue weighted by molar-refractivity contribution is 8.00. The van der Waals surface area contributed by atoms with Crippen LogP contribution >= 0.6 is 23.1 Å². The molecule has 2 rings (SSSR count). The first-order valence-corrected chi connectivity index (χ1v) is 7.76. The van der Waals surface area contributed by atoms with E-state index in [-0.39, 0.29) is 17.7 Å². The minimum Gasteiger partial charge on any atom is -0.508 e. The van der Waals surface area contributed by atoms with Crippen molar-refractivity contribution in [1.82, 2.24) is 5.32 Å². The molecule has 0 spiro atoms. The van der Waals surface area contributed by atoms with E-state index in [1.165, 1.54) is 11.8 Å². The summed E-state index contributed by atoms with van der Waals surface area (Å²) in [6.45, 7) is 1.98. The fraction of sp³-hybridized carbons (Fsp3) is 0.214. The molecule has 100 valence electrons. The molecule has 5 heteroatoms. The minimum absolute atomic E-state index is 0.0129. The lowest BCUT2D eigenvalue weighted by Crippen LogP contribution is -2.27. The van der Waals surface area contributed by atoms with Gasteiger partial charge < -0.3 is 10.4 Å². The number of thiophene rings is 1. The van der Waals surface area contributed by atoms with Crippen molar-refractivity contribution >= 4 is 29.0 Å². The number of phenols is 1. The van der Waals surface area contributed by atoms with Gasteiger partial charge in [-0.15, -0.1) is 23.1 Å². The van der Waals surface area contributed by atoms with Crippen molar-refractivity contribution in [2.24, 2.45) is 0 Å². The summed E-state index contributed by atoms with van der Waals surface area (Å²) >= 11 is 3.10. The zero-order valence-corrected chi connectivity index (χ0v) is 12.1. The van der Waals surface area contributed by atoms with Crippen molar-refractivity contribution in [2.45, 2.75) is 17.9 Å². The van der Waals surface area contributed by atoms with E-state index in [0.717, 1.165) is 9.77 Å². The second-order valence-electron chi connectivity index (χ2n) is 4.09. The van der Waals surface area contributed by atoms with E-state index < -0.39 is 0 Å². The molecule has 1 unspecified atom stereocenters. The predicted octanol–water partition coefficient (Wildman–Crippen LogP) is 3.42. The number of carbonyl (C=O) groups is 1. The summed E-state index contributed by atoms with van der Waals surface area (Å²) in [5, 5.41) is 14.1. The highest BCUT2D eigenvalue weighted by Crippen LogP contribution is 2.21. The third-order valence-electron chi connectivity index (χ3n) is 2.55. The van der Waals surface area contributed by atoms with Crippen LogP contribution in [-0.2, 0) is 4.79 Å². The Morgan fingerprint density at radius 3 is 2.74 bits per heavy atom. The quantitative estimate of drug-likeness (QED) is 0.830. The number of carbonyl (C=O) groups excluding carboxylic acids is 1. The monoisotopic (exact) mass is 293 g/mol. The Bertz CT molecular complexity index is 523. The topological polar surface area (TPSA) is 49.3 Å². The zero-order chi connectivity index (χ0) is 13.7. The van der Waals surface area contributed by atoms with E-state index in [4.69, 9.17) is 0 Å². The van der Waals surface area contributed by atoms with Gasteiger partial charge in [0.1, 0.15) is 5.75 Å². The van der Waals surface area contributed by atoms with Crippen molar-refractivity contribution in [3.63, 3.8) is 0 Å². The molecule has 0 saturated carbocycles. The number of phenolic OH excluding ortho intramolecular Hbond substituents is 1. The highest BCUT2D eigenvalue weighted by atomic mass is 32.2. The normalized spacial score (nSPS) is 12.1. The number of amides is 1. The van der Waals surface area contributed by atoms with Crippen LogP contribution in [0.2, 0.25) is 0 Å². The van der Waals surface area contributed by atoms with Crippen LogP contribution in [0.15, 0.2) is 46.7 Å². The number of hydrogen-bond donors (Lipinski definition) is 2. The summed E-state index contributed by atoms with van der Waals surface area (Å²) in [7, 11) is 0. The molecule has 0 aliphatic rings. The van der Waals surface area contributed by atoms with Crippen LogP contribution in [0.5, 0.6) is 5.75 Å². The number of aromatic hydroxyl groups is 1. The lowest BCUT2D eigenvalue weighted by atomic mass is 10.3. The molecule has 0 saturated heterocycles. The third kappa shape index (κ3) is 4.29. The average Bonchev–Trinajstić information content (AvgIpc) is 2.92. The number of benzene rings is 1. The molecule has 3 nitrogen and oxygen atoms in total. The summed E-state index contributed by atoms with van der Waals surface area (Å²) in [6.07, 6.45) is 0. The van der Waals surface area contributed by atoms with Gasteiger partial charge in [-0.3, -0.25) is 4.79 Å². The molecule has 2 aromatic rings. The maximum atomic E-state index is 11.8. The molecule has 0 aliphatic carbocycles. The average molecular weight is 293 g/mol. The number of hydrogen-bond acceptors (Lipinski definition) is 4. The van der Waals surface area contributed by atoms with Crippen molar-refractivity contribution in [3.8, 4) is 5.75 Å². The predicted molar refractivity (Wildman–Crippen MR) is 79.7 cm³/mol. The van der Waals surface area contributed by atoms with E-state index in [9.17, 15) is 9.90 Å². The molecular formula is C14H15NO2S2. The smallest absolute Gasteiger partial charge is 0.230 e. The zero-order valence-electron chi connectivity index (χ0n) is 10.5. The van der Waals surface area contributed by atoms with Gasteiger partial charge in [0, 0.05) is 9.77 Å². The van der Waals surface area contributed by atoms with E-state index >= 15 is 0 Å². The molecule has 19 heavy (non-hydrogen) atoms. The largest absolute Gasteiger partial charge is 0.508 e. The Balaban J connectivity index is 1.80. The lowest BCUT2D eigenvalue weighted by Gasteiger charge is -2.11. The third-order valence-corrected chi connectivity index (χ3v) is 4.62. The van der Waals surface area contributed by atoms with Crippen molar-refractivity contribution in [2.75, 3.05) is 5.75 Å². The second kappa shape index (κ2) is 6.63. The van der Waals surface area contributed by atoms with Crippen molar-refractivity contribution in [1.29, 1.82) is 0 Å². The number of thioether (sulfide) groups is 1. The van der Waals surface area contributed by atoms with Crippen LogP contribution in [0.4, 0.5) is 0 Å². The van der Waals surface area contributed by atoms with E-state index in [2.05, 4.69) is 5.32 Å². The molecule has 0 aliphatic heterocycles. The molecule has 0 bridgehead atoms. The first-order chi connectivity index (χ1) is 9.15. The maximum absolute atomic E-state index is 11.8. The minimum atomic E-state index is 0.0129. The second-order valence-corrected chi connectivity index (χ2v) is 6.12. The first-order valence-electron chi connectivity index (χ1n) is 5.90. The molecular weight excluding hydrogens is 278 g/mol. The Labute approximate surface area is 120 Å². The van der Waals surface area contributed by atoms with E-state index in [1.807, 2.05) is 24.4 Å². The highest BCUT2D eigenvalue weighted by Gasteiger charge is 2.10. The van der Waals surface area contributed by atoms with Gasteiger partial charge in [-0.2, -0.15) is 0 Å². The van der Waals surface area contributed by atoms with Gasteiger partial charge in [-0.25, -0.2) is 0 Å². The van der Waals surface area contributed by atoms with Gasteiger partial charge in [-0.1, -0.05) is 6.07 Å². The molecule has 1 atom stereocenters. The molecule has 2 N–H and O–H groups in total. The number of nitrogens with one attached hydrogen (secondary N) is 1. The van der Waals surface area contributed by atoms with Crippen LogP contribution < -0.4 is 5.32 Å². The first kappa shape index (κ1) is 14.0. The summed E-state index contributed by atoms with van der Waals surface area (Å²) in [5.74, 6) is 0.625.